The van der Waals surface area contributed by atoms with Crippen molar-refractivity contribution in [1.29, 1.82) is 0 Å². The molecule has 1 aromatic heterocycles. The van der Waals surface area contributed by atoms with Crippen LogP contribution in [0, 0.1) is 6.92 Å². The maximum absolute atomic E-state index is 4.56. The molecule has 94 valence electrons. The van der Waals surface area contributed by atoms with Crippen LogP contribution in [0.25, 0.3) is 0 Å². The van der Waals surface area contributed by atoms with Crippen molar-refractivity contribution < 1.29 is 0 Å². The summed E-state index contributed by atoms with van der Waals surface area (Å²) in [6.45, 7) is 7.20. The Morgan fingerprint density at radius 1 is 1.18 bits per heavy atom. The van der Waals surface area contributed by atoms with E-state index in [1.807, 2.05) is 6.92 Å². The number of aryl methyl sites for hydroxylation is 1. The SMILES string of the molecule is CCNc1cc(N2CCCCCC2)nc(C)n1. The Balaban J connectivity index is 2.17. The fourth-order valence-electron chi connectivity index (χ4n) is 2.29. The van der Waals surface area contributed by atoms with Gasteiger partial charge >= 0.3 is 0 Å². The van der Waals surface area contributed by atoms with Crippen molar-refractivity contribution in [2.24, 2.45) is 0 Å². The van der Waals surface area contributed by atoms with Crippen molar-refractivity contribution in [3.05, 3.63) is 11.9 Å². The summed E-state index contributed by atoms with van der Waals surface area (Å²) in [6.07, 6.45) is 5.25. The molecule has 0 spiro atoms. The van der Waals surface area contributed by atoms with E-state index in [2.05, 4.69) is 33.2 Å². The third-order valence-electron chi connectivity index (χ3n) is 3.11. The van der Waals surface area contributed by atoms with Gasteiger partial charge in [-0.2, -0.15) is 0 Å². The molecule has 0 aliphatic carbocycles. The van der Waals surface area contributed by atoms with Crippen molar-refractivity contribution in [3.63, 3.8) is 0 Å². The highest BCUT2D eigenvalue weighted by Crippen LogP contribution is 2.19. The largest absolute Gasteiger partial charge is 0.370 e. The Bertz CT molecular complexity index is 356. The summed E-state index contributed by atoms with van der Waals surface area (Å²) in [5.74, 6) is 2.87. The lowest BCUT2D eigenvalue weighted by Crippen LogP contribution is -2.25. The molecule has 0 unspecified atom stereocenters. The topological polar surface area (TPSA) is 41.0 Å². The number of rotatable bonds is 3. The summed E-state index contributed by atoms with van der Waals surface area (Å²) >= 11 is 0. The van der Waals surface area contributed by atoms with Gasteiger partial charge in [0.25, 0.3) is 0 Å². The lowest BCUT2D eigenvalue weighted by atomic mass is 10.2. The highest BCUT2D eigenvalue weighted by Gasteiger charge is 2.12. The summed E-state index contributed by atoms with van der Waals surface area (Å²) in [7, 11) is 0. The standard InChI is InChI=1S/C13H22N4/c1-3-14-12-10-13(16-11(2)15-12)17-8-6-4-5-7-9-17/h10H,3-9H2,1-2H3,(H,14,15,16). The Kier molecular flexibility index (Phi) is 4.18. The lowest BCUT2D eigenvalue weighted by molar-refractivity contribution is 0.726. The second-order valence-electron chi connectivity index (χ2n) is 4.59. The van der Waals surface area contributed by atoms with Crippen LogP contribution in [0.15, 0.2) is 6.07 Å². The molecule has 2 heterocycles. The molecule has 17 heavy (non-hydrogen) atoms. The van der Waals surface area contributed by atoms with Crippen molar-refractivity contribution in [2.75, 3.05) is 29.9 Å². The lowest BCUT2D eigenvalue weighted by Gasteiger charge is -2.22. The molecule has 2 rings (SSSR count). The average Bonchev–Trinajstić information content (AvgIpc) is 2.57. The molecular formula is C13H22N4. The van der Waals surface area contributed by atoms with Gasteiger partial charge in [-0.1, -0.05) is 12.8 Å². The zero-order chi connectivity index (χ0) is 12.1. The normalized spacial score (nSPS) is 16.7. The predicted molar refractivity (Wildman–Crippen MR) is 71.6 cm³/mol. The third kappa shape index (κ3) is 3.32. The summed E-state index contributed by atoms with van der Waals surface area (Å²) < 4.78 is 0. The summed E-state index contributed by atoms with van der Waals surface area (Å²) in [5.41, 5.74) is 0. The van der Waals surface area contributed by atoms with Gasteiger partial charge in [0.1, 0.15) is 17.5 Å². The molecule has 0 saturated carbocycles. The van der Waals surface area contributed by atoms with E-state index in [9.17, 15) is 0 Å². The van der Waals surface area contributed by atoms with Gasteiger partial charge in [-0.3, -0.25) is 0 Å². The Morgan fingerprint density at radius 3 is 2.53 bits per heavy atom. The van der Waals surface area contributed by atoms with E-state index in [0.717, 1.165) is 37.1 Å². The van der Waals surface area contributed by atoms with E-state index in [1.54, 1.807) is 0 Å². The van der Waals surface area contributed by atoms with Crippen molar-refractivity contribution in [2.45, 2.75) is 39.5 Å². The van der Waals surface area contributed by atoms with Crippen molar-refractivity contribution >= 4 is 11.6 Å². The van der Waals surface area contributed by atoms with Crippen LogP contribution in [0.4, 0.5) is 11.6 Å². The quantitative estimate of drug-likeness (QED) is 0.872. The van der Waals surface area contributed by atoms with Crippen LogP contribution in [0.3, 0.4) is 0 Å². The van der Waals surface area contributed by atoms with Gasteiger partial charge in [-0.15, -0.1) is 0 Å². The first-order valence-electron chi connectivity index (χ1n) is 6.64. The van der Waals surface area contributed by atoms with Gasteiger partial charge in [0.05, 0.1) is 0 Å². The van der Waals surface area contributed by atoms with Crippen molar-refractivity contribution in [1.82, 2.24) is 9.97 Å². The highest BCUT2D eigenvalue weighted by atomic mass is 15.2. The zero-order valence-corrected chi connectivity index (χ0v) is 10.9. The first-order valence-corrected chi connectivity index (χ1v) is 6.64. The molecule has 1 aliphatic rings. The fourth-order valence-corrected chi connectivity index (χ4v) is 2.29. The third-order valence-corrected chi connectivity index (χ3v) is 3.11. The first kappa shape index (κ1) is 12.1. The summed E-state index contributed by atoms with van der Waals surface area (Å²) in [5, 5.41) is 3.27. The minimum Gasteiger partial charge on any atom is -0.370 e. The molecule has 1 saturated heterocycles. The van der Waals surface area contributed by atoms with Gasteiger partial charge in [-0.05, 0) is 26.7 Å². The van der Waals surface area contributed by atoms with Crippen LogP contribution in [0.5, 0.6) is 0 Å². The monoisotopic (exact) mass is 234 g/mol. The van der Waals surface area contributed by atoms with E-state index in [-0.39, 0.29) is 0 Å². The summed E-state index contributed by atoms with van der Waals surface area (Å²) in [6, 6.07) is 2.07. The highest BCUT2D eigenvalue weighted by molar-refractivity contribution is 5.49. The molecule has 1 aromatic rings. The van der Waals surface area contributed by atoms with E-state index in [4.69, 9.17) is 0 Å². The number of hydrogen-bond acceptors (Lipinski definition) is 4. The molecule has 0 atom stereocenters. The van der Waals surface area contributed by atoms with E-state index in [0.29, 0.717) is 0 Å². The van der Waals surface area contributed by atoms with Crippen LogP contribution in [-0.4, -0.2) is 29.6 Å². The van der Waals surface area contributed by atoms with Gasteiger partial charge in [0.15, 0.2) is 0 Å². The van der Waals surface area contributed by atoms with Crippen LogP contribution in [0.2, 0.25) is 0 Å². The second kappa shape index (κ2) is 5.84. The van der Waals surface area contributed by atoms with Crippen LogP contribution in [-0.2, 0) is 0 Å². The van der Waals surface area contributed by atoms with E-state index in [1.165, 1.54) is 25.7 Å². The van der Waals surface area contributed by atoms with Crippen LogP contribution >= 0.6 is 0 Å². The maximum atomic E-state index is 4.56. The first-order chi connectivity index (χ1) is 8.29. The predicted octanol–water partition coefficient (Wildman–Crippen LogP) is 2.60. The molecule has 0 bridgehead atoms. The molecule has 1 N–H and O–H groups in total. The molecule has 0 amide bonds. The number of hydrogen-bond donors (Lipinski definition) is 1. The number of aromatic nitrogens is 2. The molecule has 0 radical (unpaired) electrons. The summed E-state index contributed by atoms with van der Waals surface area (Å²) in [4.78, 5) is 11.3. The maximum Gasteiger partial charge on any atom is 0.134 e. The minimum absolute atomic E-state index is 0.850. The van der Waals surface area contributed by atoms with Gasteiger partial charge in [-0.25, -0.2) is 9.97 Å². The number of nitrogens with one attached hydrogen (secondary N) is 1. The van der Waals surface area contributed by atoms with Crippen LogP contribution < -0.4 is 10.2 Å². The second-order valence-corrected chi connectivity index (χ2v) is 4.59. The Morgan fingerprint density at radius 2 is 1.88 bits per heavy atom. The Labute approximate surface area is 103 Å². The Hall–Kier alpha value is -1.32. The van der Waals surface area contributed by atoms with E-state index < -0.39 is 0 Å². The average molecular weight is 234 g/mol. The molecular weight excluding hydrogens is 212 g/mol. The minimum atomic E-state index is 0.850. The molecule has 1 fully saturated rings. The fraction of sp³-hybridized carbons (Fsp3) is 0.692. The van der Waals surface area contributed by atoms with E-state index >= 15 is 0 Å². The van der Waals surface area contributed by atoms with Crippen molar-refractivity contribution in [3.8, 4) is 0 Å². The molecule has 4 nitrogen and oxygen atoms in total. The van der Waals surface area contributed by atoms with Gasteiger partial charge in [0.2, 0.25) is 0 Å². The number of nitrogens with zero attached hydrogens (tertiary/aromatic N) is 3. The molecule has 1 aliphatic heterocycles. The smallest absolute Gasteiger partial charge is 0.134 e. The van der Waals surface area contributed by atoms with Gasteiger partial charge in [0, 0.05) is 25.7 Å². The van der Waals surface area contributed by atoms with Crippen LogP contribution in [0.1, 0.15) is 38.4 Å². The zero-order valence-electron chi connectivity index (χ0n) is 10.9. The van der Waals surface area contributed by atoms with Gasteiger partial charge < -0.3 is 10.2 Å². The number of anilines is 2. The molecule has 0 aromatic carbocycles. The molecule has 4 heteroatoms.